The maximum absolute atomic E-state index is 11.7. The zero-order valence-electron chi connectivity index (χ0n) is 16.2. The number of guanidine groups is 1. The van der Waals surface area contributed by atoms with Gasteiger partial charge in [0.2, 0.25) is 0 Å². The van der Waals surface area contributed by atoms with E-state index in [-0.39, 0.29) is 17.5 Å². The largest absolute Gasteiger partial charge is 0.357 e. The van der Waals surface area contributed by atoms with Gasteiger partial charge in [-0.1, -0.05) is 12.8 Å². The van der Waals surface area contributed by atoms with Crippen molar-refractivity contribution >= 4 is 21.6 Å². The summed E-state index contributed by atoms with van der Waals surface area (Å²) in [7, 11) is -2.90. The van der Waals surface area contributed by atoms with Crippen LogP contribution in [0.5, 0.6) is 0 Å². The number of pyridine rings is 1. The van der Waals surface area contributed by atoms with E-state index in [1.165, 1.54) is 25.7 Å². The minimum absolute atomic E-state index is 0.0575. The third-order valence-electron chi connectivity index (χ3n) is 5.08. The van der Waals surface area contributed by atoms with Crippen LogP contribution in [0.3, 0.4) is 0 Å². The molecular formula is C19H31N5O2S. The Hall–Kier alpha value is -1.83. The quantitative estimate of drug-likeness (QED) is 0.585. The Balaban J connectivity index is 1.64. The summed E-state index contributed by atoms with van der Waals surface area (Å²) in [5, 5.41) is 6.47. The molecule has 0 aliphatic carbocycles. The van der Waals surface area contributed by atoms with Crippen molar-refractivity contribution in [3.63, 3.8) is 0 Å². The molecule has 8 heteroatoms. The standard InChI is InChI=1S/C19H31N5O2S/c1-2-20-19(23-17-8-12-27(25,26)15-17)22-14-16-7-9-21-18(13-16)24-10-5-3-4-6-11-24/h7,9,13,17H,2-6,8,10-12,14-15H2,1H3,(H2,20,22,23). The van der Waals surface area contributed by atoms with Crippen molar-refractivity contribution in [3.8, 4) is 0 Å². The first-order valence-electron chi connectivity index (χ1n) is 10.0. The van der Waals surface area contributed by atoms with Gasteiger partial charge in [0.05, 0.1) is 18.1 Å². The lowest BCUT2D eigenvalue weighted by molar-refractivity contribution is 0.599. The third kappa shape index (κ3) is 6.09. The number of nitrogens with one attached hydrogen (secondary N) is 2. The molecule has 0 aromatic carbocycles. The van der Waals surface area contributed by atoms with Gasteiger partial charge in [-0.05, 0) is 43.9 Å². The number of hydrogen-bond donors (Lipinski definition) is 2. The van der Waals surface area contributed by atoms with E-state index in [1.54, 1.807) is 0 Å². The van der Waals surface area contributed by atoms with E-state index in [4.69, 9.17) is 0 Å². The van der Waals surface area contributed by atoms with Gasteiger partial charge in [-0.2, -0.15) is 0 Å². The maximum Gasteiger partial charge on any atom is 0.191 e. The van der Waals surface area contributed by atoms with Crippen molar-refractivity contribution in [2.24, 2.45) is 4.99 Å². The Morgan fingerprint density at radius 3 is 2.74 bits per heavy atom. The van der Waals surface area contributed by atoms with Crippen LogP contribution in [-0.2, 0) is 16.4 Å². The maximum atomic E-state index is 11.7. The molecule has 2 saturated heterocycles. The van der Waals surface area contributed by atoms with Crippen molar-refractivity contribution in [2.75, 3.05) is 36.0 Å². The molecule has 1 aromatic heterocycles. The Morgan fingerprint density at radius 1 is 1.30 bits per heavy atom. The SMILES string of the molecule is CCNC(=NCc1ccnc(N2CCCCCC2)c1)NC1CCS(=O)(=O)C1. The van der Waals surface area contributed by atoms with Crippen LogP contribution in [0.15, 0.2) is 23.3 Å². The van der Waals surface area contributed by atoms with Crippen molar-refractivity contribution in [3.05, 3.63) is 23.9 Å². The number of anilines is 1. The monoisotopic (exact) mass is 393 g/mol. The lowest BCUT2D eigenvalue weighted by atomic mass is 10.2. The van der Waals surface area contributed by atoms with Gasteiger partial charge in [-0.15, -0.1) is 0 Å². The zero-order valence-corrected chi connectivity index (χ0v) is 17.0. The van der Waals surface area contributed by atoms with Gasteiger partial charge in [0.1, 0.15) is 5.82 Å². The second kappa shape index (κ2) is 9.39. The zero-order chi connectivity index (χ0) is 19.1. The number of aromatic nitrogens is 1. The number of aliphatic imine (C=N–C) groups is 1. The Bertz CT molecular complexity index is 742. The Kier molecular flexibility index (Phi) is 6.93. The average molecular weight is 394 g/mol. The van der Waals surface area contributed by atoms with E-state index >= 15 is 0 Å². The van der Waals surface area contributed by atoms with Gasteiger partial charge in [-0.3, -0.25) is 0 Å². The van der Waals surface area contributed by atoms with Gasteiger partial charge in [-0.25, -0.2) is 18.4 Å². The first-order valence-corrected chi connectivity index (χ1v) is 11.8. The highest BCUT2D eigenvalue weighted by Crippen LogP contribution is 2.18. The average Bonchev–Trinajstić information content (AvgIpc) is 2.85. The Labute approximate surface area is 162 Å². The van der Waals surface area contributed by atoms with E-state index < -0.39 is 9.84 Å². The van der Waals surface area contributed by atoms with Gasteiger partial charge >= 0.3 is 0 Å². The molecule has 1 unspecified atom stereocenters. The lowest BCUT2D eigenvalue weighted by Crippen LogP contribution is -2.44. The molecule has 3 heterocycles. The van der Waals surface area contributed by atoms with Crippen LogP contribution >= 0.6 is 0 Å². The fourth-order valence-electron chi connectivity index (χ4n) is 3.62. The lowest BCUT2D eigenvalue weighted by Gasteiger charge is -2.21. The van der Waals surface area contributed by atoms with Gasteiger partial charge < -0.3 is 15.5 Å². The highest BCUT2D eigenvalue weighted by Gasteiger charge is 2.28. The summed E-state index contributed by atoms with van der Waals surface area (Å²) in [6.45, 7) is 5.42. The summed E-state index contributed by atoms with van der Waals surface area (Å²) in [5.41, 5.74) is 1.11. The van der Waals surface area contributed by atoms with Crippen LogP contribution in [0, 0.1) is 0 Å². The van der Waals surface area contributed by atoms with Crippen molar-refractivity contribution in [1.29, 1.82) is 0 Å². The van der Waals surface area contributed by atoms with Crippen LogP contribution in [0.4, 0.5) is 5.82 Å². The van der Waals surface area contributed by atoms with Crippen LogP contribution in [0.2, 0.25) is 0 Å². The molecule has 7 nitrogen and oxygen atoms in total. The Morgan fingerprint density at radius 2 is 2.07 bits per heavy atom. The number of nitrogens with zero attached hydrogens (tertiary/aromatic N) is 3. The summed E-state index contributed by atoms with van der Waals surface area (Å²) in [6, 6.07) is 4.06. The van der Waals surface area contributed by atoms with Crippen LogP contribution in [-0.4, -0.2) is 56.5 Å². The number of hydrogen-bond acceptors (Lipinski definition) is 5. The number of sulfone groups is 1. The molecule has 2 aliphatic rings. The molecule has 1 aromatic rings. The van der Waals surface area contributed by atoms with E-state index in [1.807, 2.05) is 19.2 Å². The second-order valence-electron chi connectivity index (χ2n) is 7.36. The molecule has 0 bridgehead atoms. The predicted molar refractivity (Wildman–Crippen MR) is 110 cm³/mol. The van der Waals surface area contributed by atoms with Crippen LogP contribution in [0.1, 0.15) is 44.6 Å². The molecule has 2 N–H and O–H groups in total. The van der Waals surface area contributed by atoms with E-state index in [0.717, 1.165) is 31.0 Å². The van der Waals surface area contributed by atoms with E-state index in [9.17, 15) is 8.42 Å². The minimum Gasteiger partial charge on any atom is -0.357 e. The fourth-order valence-corrected chi connectivity index (χ4v) is 5.30. The molecule has 2 fully saturated rings. The number of rotatable bonds is 5. The molecule has 0 spiro atoms. The van der Waals surface area contributed by atoms with Crippen molar-refractivity contribution < 1.29 is 8.42 Å². The molecule has 0 radical (unpaired) electrons. The van der Waals surface area contributed by atoms with Crippen LogP contribution in [0.25, 0.3) is 0 Å². The summed E-state index contributed by atoms with van der Waals surface area (Å²) in [5.74, 6) is 2.15. The molecule has 1 atom stereocenters. The third-order valence-corrected chi connectivity index (χ3v) is 6.85. The van der Waals surface area contributed by atoms with Crippen molar-refractivity contribution in [2.45, 2.75) is 51.6 Å². The molecule has 0 amide bonds. The summed E-state index contributed by atoms with van der Waals surface area (Å²) >= 11 is 0. The molecular weight excluding hydrogens is 362 g/mol. The highest BCUT2D eigenvalue weighted by molar-refractivity contribution is 7.91. The molecule has 3 rings (SSSR count). The minimum atomic E-state index is -2.90. The van der Waals surface area contributed by atoms with E-state index in [0.29, 0.717) is 18.9 Å². The topological polar surface area (TPSA) is 86.7 Å². The summed E-state index contributed by atoms with van der Waals surface area (Å²) in [6.07, 6.45) is 7.55. The first-order chi connectivity index (χ1) is 13.1. The summed E-state index contributed by atoms with van der Waals surface area (Å²) < 4.78 is 23.3. The predicted octanol–water partition coefficient (Wildman–Crippen LogP) is 1.70. The summed E-state index contributed by atoms with van der Waals surface area (Å²) in [4.78, 5) is 11.6. The van der Waals surface area contributed by atoms with Gasteiger partial charge in [0, 0.05) is 31.9 Å². The first kappa shape index (κ1) is 19.9. The highest BCUT2D eigenvalue weighted by atomic mass is 32.2. The van der Waals surface area contributed by atoms with Crippen LogP contribution < -0.4 is 15.5 Å². The van der Waals surface area contributed by atoms with Crippen molar-refractivity contribution in [1.82, 2.24) is 15.6 Å². The fraction of sp³-hybridized carbons (Fsp3) is 0.684. The van der Waals surface area contributed by atoms with E-state index in [2.05, 4.69) is 31.6 Å². The molecule has 150 valence electrons. The molecule has 27 heavy (non-hydrogen) atoms. The second-order valence-corrected chi connectivity index (χ2v) is 9.59. The molecule has 0 saturated carbocycles. The van der Waals surface area contributed by atoms with Gasteiger partial charge in [0.15, 0.2) is 15.8 Å². The smallest absolute Gasteiger partial charge is 0.191 e. The normalized spacial score (nSPS) is 23.1. The van der Waals surface area contributed by atoms with Gasteiger partial charge in [0.25, 0.3) is 0 Å². The molecule has 2 aliphatic heterocycles.